The molecule has 0 N–H and O–H groups in total. The van der Waals surface area contributed by atoms with Gasteiger partial charge >= 0.3 is 0 Å². The van der Waals surface area contributed by atoms with E-state index in [-0.39, 0.29) is 11.8 Å². The fourth-order valence-electron chi connectivity index (χ4n) is 4.04. The van der Waals surface area contributed by atoms with Crippen LogP contribution in [-0.4, -0.2) is 15.8 Å². The van der Waals surface area contributed by atoms with E-state index in [0.29, 0.717) is 22.5 Å². The molecule has 0 radical (unpaired) electrons. The Hall–Kier alpha value is -1.46. The maximum Gasteiger partial charge on any atom is 0.247 e. The first-order valence-electron chi connectivity index (χ1n) is 13.0. The molecule has 1 heterocycles. The molecule has 0 atom stereocenters. The summed E-state index contributed by atoms with van der Waals surface area (Å²) in [6, 6.07) is 5.46. The summed E-state index contributed by atoms with van der Waals surface area (Å²) < 4.78 is 2.29. The molecule has 0 saturated heterocycles. The Labute approximate surface area is 208 Å². The second-order valence-corrected chi connectivity index (χ2v) is 10.4. The molecular weight excluding hydrogens is 452 g/mol. The minimum Gasteiger partial charge on any atom is -0.273 e. The van der Waals surface area contributed by atoms with Gasteiger partial charge in [-0.1, -0.05) is 102 Å². The molecule has 0 aliphatic rings. The number of halogens is 1. The summed E-state index contributed by atoms with van der Waals surface area (Å²) in [6.07, 6.45) is 17.4. The van der Waals surface area contributed by atoms with Gasteiger partial charge in [-0.25, -0.2) is 8.95 Å². The number of rotatable bonds is 16. The number of carbonyl (C=O) groups is 2. The molecule has 6 heteroatoms. The van der Waals surface area contributed by atoms with E-state index in [0.717, 1.165) is 36.6 Å². The summed E-state index contributed by atoms with van der Waals surface area (Å²) >= 11 is 7.48. The van der Waals surface area contributed by atoms with E-state index in [1.165, 1.54) is 75.7 Å². The summed E-state index contributed by atoms with van der Waals surface area (Å²) in [4.78, 5) is 29.8. The molecule has 0 aliphatic heterocycles. The maximum absolute atomic E-state index is 12.9. The number of hydrogen-bond donors (Lipinski definition) is 0. The van der Waals surface area contributed by atoms with Crippen LogP contribution in [0.2, 0.25) is 5.02 Å². The Bertz CT molecular complexity index is 932. The molecule has 1 aromatic carbocycles. The lowest BCUT2D eigenvalue weighted by Crippen LogP contribution is -2.07. The first-order valence-corrected chi connectivity index (χ1v) is 14.1. The normalized spacial score (nSPS) is 12.0. The van der Waals surface area contributed by atoms with Crippen LogP contribution in [0.1, 0.15) is 121 Å². The monoisotopic (exact) mass is 492 g/mol. The van der Waals surface area contributed by atoms with E-state index in [4.69, 9.17) is 11.6 Å². The molecular formula is C27H41ClN2O2S. The van der Waals surface area contributed by atoms with Gasteiger partial charge in [0.2, 0.25) is 11.8 Å². The minimum absolute atomic E-state index is 0.0712. The Morgan fingerprint density at radius 3 is 1.97 bits per heavy atom. The van der Waals surface area contributed by atoms with Gasteiger partial charge in [-0.3, -0.25) is 9.59 Å². The van der Waals surface area contributed by atoms with Crippen LogP contribution in [0, 0.1) is 0 Å². The Morgan fingerprint density at radius 1 is 0.818 bits per heavy atom. The number of hydrogen-bond acceptors (Lipinski definition) is 3. The van der Waals surface area contributed by atoms with Crippen LogP contribution >= 0.6 is 23.1 Å². The van der Waals surface area contributed by atoms with E-state index in [1.54, 1.807) is 10.0 Å². The maximum atomic E-state index is 12.9. The van der Waals surface area contributed by atoms with Crippen molar-refractivity contribution < 1.29 is 9.59 Å². The van der Waals surface area contributed by atoms with E-state index < -0.39 is 0 Å². The summed E-state index contributed by atoms with van der Waals surface area (Å²) in [6.45, 7) is 4.44. The van der Waals surface area contributed by atoms with Gasteiger partial charge in [0.1, 0.15) is 4.67 Å². The highest BCUT2D eigenvalue weighted by molar-refractivity contribution is 7.06. The van der Waals surface area contributed by atoms with E-state index >= 15 is 0 Å². The zero-order chi connectivity index (χ0) is 23.9. The molecule has 0 bridgehead atoms. The van der Waals surface area contributed by atoms with Crippen LogP contribution in [0.15, 0.2) is 23.2 Å². The van der Waals surface area contributed by atoms with Crippen LogP contribution in [0.5, 0.6) is 0 Å². The van der Waals surface area contributed by atoms with Crippen LogP contribution < -0.4 is 4.67 Å². The molecule has 0 saturated carbocycles. The first kappa shape index (κ1) is 27.8. The third-order valence-electron chi connectivity index (χ3n) is 6.03. The lowest BCUT2D eigenvalue weighted by Gasteiger charge is -2.03. The standard InChI is InChI=1S/C27H41ClN2O2S/c1-3-5-7-9-11-13-15-17-25(31)29-27-23-21-22(28)19-20-24(23)30(33-27)26(32)18-16-14-12-10-8-6-4-2/h19-21H,3-18H2,1-2H3. The molecule has 33 heavy (non-hydrogen) atoms. The fraction of sp³-hybridized carbons (Fsp3) is 0.667. The topological polar surface area (TPSA) is 51.4 Å². The van der Waals surface area contributed by atoms with Crippen LogP contribution in [0.4, 0.5) is 0 Å². The molecule has 1 aromatic heterocycles. The van der Waals surface area contributed by atoms with E-state index in [2.05, 4.69) is 18.8 Å². The van der Waals surface area contributed by atoms with Gasteiger partial charge in [0.25, 0.3) is 0 Å². The predicted molar refractivity (Wildman–Crippen MR) is 141 cm³/mol. The number of carbonyl (C=O) groups excluding carboxylic acids is 2. The van der Waals surface area contributed by atoms with Crippen molar-refractivity contribution in [1.29, 1.82) is 0 Å². The van der Waals surface area contributed by atoms with Crippen molar-refractivity contribution in [2.24, 2.45) is 4.99 Å². The minimum atomic E-state index is -0.113. The molecule has 0 fully saturated rings. The molecule has 184 valence electrons. The third kappa shape index (κ3) is 10.1. The highest BCUT2D eigenvalue weighted by Gasteiger charge is 2.14. The van der Waals surface area contributed by atoms with Crippen LogP contribution in [0.3, 0.4) is 0 Å². The van der Waals surface area contributed by atoms with E-state index in [9.17, 15) is 9.59 Å². The number of aromatic nitrogens is 1. The Morgan fingerprint density at radius 2 is 1.36 bits per heavy atom. The van der Waals surface area contributed by atoms with Gasteiger partial charge in [0.05, 0.1) is 5.52 Å². The Balaban J connectivity index is 1.96. The number of unbranched alkanes of at least 4 members (excludes halogenated alkanes) is 12. The molecule has 4 nitrogen and oxygen atoms in total. The SMILES string of the molecule is CCCCCCCCCC(=O)N=c1sn(C(=O)CCCCCCCCC)c2ccc(Cl)cc12. The molecule has 0 aliphatic carbocycles. The lowest BCUT2D eigenvalue weighted by atomic mass is 10.1. The highest BCUT2D eigenvalue weighted by Crippen LogP contribution is 2.21. The molecule has 1 amide bonds. The van der Waals surface area contributed by atoms with Crippen LogP contribution in [0.25, 0.3) is 10.9 Å². The summed E-state index contributed by atoms with van der Waals surface area (Å²) in [5.74, 6) is -0.0415. The van der Waals surface area contributed by atoms with Crippen LogP contribution in [-0.2, 0) is 4.79 Å². The van der Waals surface area contributed by atoms with Gasteiger partial charge in [0.15, 0.2) is 0 Å². The summed E-state index contributed by atoms with van der Waals surface area (Å²) in [5, 5.41) is 1.37. The highest BCUT2D eigenvalue weighted by atomic mass is 35.5. The van der Waals surface area contributed by atoms with Gasteiger partial charge in [-0.2, -0.15) is 0 Å². The first-order chi connectivity index (χ1) is 16.1. The van der Waals surface area contributed by atoms with Gasteiger partial charge < -0.3 is 0 Å². The number of nitrogens with zero attached hydrogens (tertiary/aromatic N) is 2. The third-order valence-corrected chi connectivity index (χ3v) is 7.33. The molecule has 2 aromatic rings. The zero-order valence-corrected chi connectivity index (χ0v) is 22.1. The number of fused-ring (bicyclic) bond motifs is 1. The molecule has 2 rings (SSSR count). The van der Waals surface area contributed by atoms with Crippen molar-refractivity contribution in [3.05, 3.63) is 27.9 Å². The average Bonchev–Trinajstić information content (AvgIpc) is 3.15. The second-order valence-electron chi connectivity index (χ2n) is 8.99. The number of amides is 1. The van der Waals surface area contributed by atoms with Crippen molar-refractivity contribution in [2.45, 2.75) is 117 Å². The summed E-state index contributed by atoms with van der Waals surface area (Å²) in [7, 11) is 0. The summed E-state index contributed by atoms with van der Waals surface area (Å²) in [5.41, 5.74) is 0.791. The van der Waals surface area contributed by atoms with Crippen molar-refractivity contribution in [3.8, 4) is 0 Å². The van der Waals surface area contributed by atoms with Gasteiger partial charge in [-0.05, 0) is 42.6 Å². The lowest BCUT2D eigenvalue weighted by molar-refractivity contribution is -0.118. The second kappa shape index (κ2) is 16.2. The van der Waals surface area contributed by atoms with Crippen molar-refractivity contribution in [2.75, 3.05) is 0 Å². The quantitative estimate of drug-likeness (QED) is 0.220. The van der Waals surface area contributed by atoms with E-state index in [1.807, 2.05) is 12.1 Å². The smallest absolute Gasteiger partial charge is 0.247 e. The zero-order valence-electron chi connectivity index (χ0n) is 20.5. The number of benzene rings is 1. The van der Waals surface area contributed by atoms with Crippen molar-refractivity contribution in [1.82, 2.24) is 3.96 Å². The van der Waals surface area contributed by atoms with Gasteiger partial charge in [0, 0.05) is 23.3 Å². The Kier molecular flexibility index (Phi) is 13.7. The predicted octanol–water partition coefficient (Wildman–Crippen LogP) is 8.71. The fourth-order valence-corrected chi connectivity index (χ4v) is 5.24. The average molecular weight is 493 g/mol. The van der Waals surface area contributed by atoms with Crippen molar-refractivity contribution >= 4 is 45.9 Å². The molecule has 0 spiro atoms. The van der Waals surface area contributed by atoms with Crippen molar-refractivity contribution in [3.63, 3.8) is 0 Å². The molecule has 0 unspecified atom stereocenters. The van der Waals surface area contributed by atoms with Gasteiger partial charge in [-0.15, -0.1) is 0 Å². The largest absolute Gasteiger partial charge is 0.273 e.